The molecule has 1 aromatic rings. The second-order valence-corrected chi connectivity index (χ2v) is 6.19. The van der Waals surface area contributed by atoms with Gasteiger partial charge in [0.15, 0.2) is 0 Å². The number of ether oxygens (including phenoxy) is 2. The van der Waals surface area contributed by atoms with E-state index in [0.29, 0.717) is 50.0 Å². The van der Waals surface area contributed by atoms with Crippen LogP contribution < -0.4 is 10.1 Å². The van der Waals surface area contributed by atoms with Gasteiger partial charge >= 0.3 is 6.03 Å². The molecule has 24 heavy (non-hydrogen) atoms. The van der Waals surface area contributed by atoms with E-state index in [1.54, 1.807) is 29.2 Å². The zero-order valence-corrected chi connectivity index (χ0v) is 14.5. The van der Waals surface area contributed by atoms with Gasteiger partial charge in [0.2, 0.25) is 0 Å². The molecule has 0 aliphatic carbocycles. The first kappa shape index (κ1) is 18.8. The Morgan fingerprint density at radius 1 is 1.38 bits per heavy atom. The Kier molecular flexibility index (Phi) is 8.15. The molecular weight excluding hydrogens is 332 g/mol. The summed E-state index contributed by atoms with van der Waals surface area (Å²) in [5.74, 6) is 0.652. The fourth-order valence-electron chi connectivity index (χ4n) is 2.41. The zero-order chi connectivity index (χ0) is 17.2. The van der Waals surface area contributed by atoms with E-state index < -0.39 is 6.10 Å². The van der Waals surface area contributed by atoms with Crippen molar-refractivity contribution in [1.29, 1.82) is 0 Å². The average molecular weight is 357 g/mol. The van der Waals surface area contributed by atoms with Gasteiger partial charge < -0.3 is 24.8 Å². The molecule has 0 aromatic heterocycles. The number of aliphatic hydroxyl groups is 1. The number of benzene rings is 1. The maximum Gasteiger partial charge on any atom is 0.317 e. The molecule has 2 rings (SSSR count). The normalized spacial score (nSPS) is 15.8. The quantitative estimate of drug-likeness (QED) is 0.701. The van der Waals surface area contributed by atoms with Gasteiger partial charge in [0.05, 0.1) is 19.3 Å². The molecule has 2 amide bonds. The minimum Gasteiger partial charge on any atom is -0.491 e. The van der Waals surface area contributed by atoms with Crippen molar-refractivity contribution in [2.75, 3.05) is 39.5 Å². The summed E-state index contributed by atoms with van der Waals surface area (Å²) in [5, 5.41) is 13.4. The Morgan fingerprint density at radius 3 is 2.92 bits per heavy atom. The molecule has 0 bridgehead atoms. The number of carbonyl (C=O) groups excluding carboxylic acids is 1. The first-order chi connectivity index (χ1) is 11.6. The van der Waals surface area contributed by atoms with E-state index in [0.717, 1.165) is 12.8 Å². The van der Waals surface area contributed by atoms with Gasteiger partial charge in [0, 0.05) is 24.7 Å². The molecule has 6 nitrogen and oxygen atoms in total. The van der Waals surface area contributed by atoms with Crippen LogP contribution >= 0.6 is 11.6 Å². The van der Waals surface area contributed by atoms with Gasteiger partial charge in [-0.1, -0.05) is 17.7 Å². The third-order valence-electron chi connectivity index (χ3n) is 3.78. The number of nitrogens with zero attached hydrogens (tertiary/aromatic N) is 1. The van der Waals surface area contributed by atoms with E-state index in [-0.39, 0.29) is 12.6 Å². The van der Waals surface area contributed by atoms with Crippen LogP contribution in [0, 0.1) is 0 Å². The molecule has 7 heteroatoms. The van der Waals surface area contributed by atoms with Gasteiger partial charge in [-0.3, -0.25) is 0 Å². The molecule has 1 aliphatic heterocycles. The SMILES string of the molecule is O=C(NCCCC[C@H](O)COc1cccc(Cl)c1)N1CCOCC1. The largest absolute Gasteiger partial charge is 0.491 e. The van der Waals surface area contributed by atoms with Crippen molar-refractivity contribution in [3.63, 3.8) is 0 Å². The number of rotatable bonds is 8. The summed E-state index contributed by atoms with van der Waals surface area (Å²) in [6.45, 7) is 3.34. The van der Waals surface area contributed by atoms with Crippen molar-refractivity contribution in [1.82, 2.24) is 10.2 Å². The van der Waals surface area contributed by atoms with E-state index in [2.05, 4.69) is 5.32 Å². The number of halogens is 1. The summed E-state index contributed by atoms with van der Waals surface area (Å²) in [5.41, 5.74) is 0. The predicted octanol–water partition coefficient (Wildman–Crippen LogP) is 2.29. The van der Waals surface area contributed by atoms with Crippen LogP contribution in [0.15, 0.2) is 24.3 Å². The maximum atomic E-state index is 11.9. The minimum atomic E-state index is -0.529. The van der Waals surface area contributed by atoms with Gasteiger partial charge in [0.25, 0.3) is 0 Å². The lowest BCUT2D eigenvalue weighted by atomic mass is 10.1. The predicted molar refractivity (Wildman–Crippen MR) is 92.6 cm³/mol. The van der Waals surface area contributed by atoms with E-state index in [4.69, 9.17) is 21.1 Å². The van der Waals surface area contributed by atoms with Gasteiger partial charge in [0.1, 0.15) is 12.4 Å². The van der Waals surface area contributed by atoms with Crippen molar-refractivity contribution < 1.29 is 19.4 Å². The fraction of sp³-hybridized carbons (Fsp3) is 0.588. The third kappa shape index (κ3) is 6.95. The van der Waals surface area contributed by atoms with Gasteiger partial charge in [-0.05, 0) is 37.5 Å². The van der Waals surface area contributed by atoms with Crippen LogP contribution in [0.2, 0.25) is 5.02 Å². The van der Waals surface area contributed by atoms with Crippen LogP contribution in [0.5, 0.6) is 5.75 Å². The van der Waals surface area contributed by atoms with Crippen LogP contribution in [-0.4, -0.2) is 61.6 Å². The molecule has 1 heterocycles. The Bertz CT molecular complexity index is 509. The molecule has 1 atom stereocenters. The molecule has 0 radical (unpaired) electrons. The number of carbonyl (C=O) groups is 1. The fourth-order valence-corrected chi connectivity index (χ4v) is 2.59. The Labute approximate surface area is 147 Å². The van der Waals surface area contributed by atoms with Crippen LogP contribution in [0.25, 0.3) is 0 Å². The lowest BCUT2D eigenvalue weighted by molar-refractivity contribution is 0.0532. The zero-order valence-electron chi connectivity index (χ0n) is 13.7. The smallest absolute Gasteiger partial charge is 0.317 e. The number of unbranched alkanes of at least 4 members (excludes halogenated alkanes) is 1. The molecule has 1 saturated heterocycles. The summed E-state index contributed by atoms with van der Waals surface area (Å²) >= 11 is 5.87. The maximum absolute atomic E-state index is 11.9. The summed E-state index contributed by atoms with van der Waals surface area (Å²) in [6.07, 6.45) is 1.75. The number of amides is 2. The Morgan fingerprint density at radius 2 is 2.17 bits per heavy atom. The van der Waals surface area contributed by atoms with E-state index in [9.17, 15) is 9.90 Å². The summed E-state index contributed by atoms with van der Waals surface area (Å²) in [7, 11) is 0. The number of aliphatic hydroxyl groups excluding tert-OH is 1. The van der Waals surface area contributed by atoms with Crippen molar-refractivity contribution in [2.24, 2.45) is 0 Å². The highest BCUT2D eigenvalue weighted by Crippen LogP contribution is 2.17. The first-order valence-corrected chi connectivity index (χ1v) is 8.70. The van der Waals surface area contributed by atoms with E-state index in [1.165, 1.54) is 0 Å². The minimum absolute atomic E-state index is 0.0388. The molecule has 134 valence electrons. The molecule has 0 spiro atoms. The topological polar surface area (TPSA) is 71.0 Å². The molecule has 0 unspecified atom stereocenters. The second-order valence-electron chi connectivity index (χ2n) is 5.75. The van der Waals surface area contributed by atoms with Crippen LogP contribution in [-0.2, 0) is 4.74 Å². The molecular formula is C17H25ClN2O4. The molecule has 1 aliphatic rings. The molecule has 1 fully saturated rings. The second kappa shape index (κ2) is 10.4. The van der Waals surface area contributed by atoms with Gasteiger partial charge in [-0.15, -0.1) is 0 Å². The highest BCUT2D eigenvalue weighted by atomic mass is 35.5. The van der Waals surface area contributed by atoms with Crippen molar-refractivity contribution >= 4 is 17.6 Å². The van der Waals surface area contributed by atoms with Crippen molar-refractivity contribution in [2.45, 2.75) is 25.4 Å². The Balaban J connectivity index is 1.51. The van der Waals surface area contributed by atoms with Gasteiger partial charge in [-0.25, -0.2) is 4.79 Å². The van der Waals surface area contributed by atoms with Gasteiger partial charge in [-0.2, -0.15) is 0 Å². The van der Waals surface area contributed by atoms with E-state index in [1.807, 2.05) is 0 Å². The summed E-state index contributed by atoms with van der Waals surface area (Å²) in [4.78, 5) is 13.6. The number of hydrogen-bond donors (Lipinski definition) is 2. The molecule has 1 aromatic carbocycles. The average Bonchev–Trinajstić information content (AvgIpc) is 2.60. The highest BCUT2D eigenvalue weighted by molar-refractivity contribution is 6.30. The van der Waals surface area contributed by atoms with Crippen LogP contribution in [0.3, 0.4) is 0 Å². The summed E-state index contributed by atoms with van der Waals surface area (Å²) in [6, 6.07) is 7.06. The number of morpholine rings is 1. The lowest BCUT2D eigenvalue weighted by Crippen LogP contribution is -2.46. The highest BCUT2D eigenvalue weighted by Gasteiger charge is 2.15. The number of urea groups is 1. The molecule has 0 saturated carbocycles. The summed E-state index contributed by atoms with van der Waals surface area (Å²) < 4.78 is 10.7. The lowest BCUT2D eigenvalue weighted by Gasteiger charge is -2.26. The standard InChI is InChI=1S/C17H25ClN2O4/c18-14-4-3-6-16(12-14)24-13-15(21)5-1-2-7-19-17(22)20-8-10-23-11-9-20/h3-4,6,12,15,21H,1-2,5,7-11,13H2,(H,19,22)/t15-/m0/s1. The van der Waals surface area contributed by atoms with Crippen molar-refractivity contribution in [3.05, 3.63) is 29.3 Å². The van der Waals surface area contributed by atoms with E-state index >= 15 is 0 Å². The Hall–Kier alpha value is -1.50. The third-order valence-corrected chi connectivity index (χ3v) is 4.01. The van der Waals surface area contributed by atoms with Crippen LogP contribution in [0.4, 0.5) is 4.79 Å². The number of nitrogens with one attached hydrogen (secondary N) is 1. The van der Waals surface area contributed by atoms with Crippen molar-refractivity contribution in [3.8, 4) is 5.75 Å². The molecule has 2 N–H and O–H groups in total. The number of hydrogen-bond acceptors (Lipinski definition) is 4. The van der Waals surface area contributed by atoms with Crippen LogP contribution in [0.1, 0.15) is 19.3 Å². The monoisotopic (exact) mass is 356 g/mol. The first-order valence-electron chi connectivity index (χ1n) is 8.32.